The van der Waals surface area contributed by atoms with E-state index in [0.29, 0.717) is 5.92 Å². The smallest absolute Gasteiger partial charge is 0.122 e. The highest BCUT2D eigenvalue weighted by atomic mass is 16.5. The van der Waals surface area contributed by atoms with Crippen LogP contribution in [0.3, 0.4) is 0 Å². The van der Waals surface area contributed by atoms with Crippen LogP contribution in [-0.4, -0.2) is 11.6 Å². The number of para-hydroxylation sites is 1. The Kier molecular flexibility index (Phi) is 3.70. The lowest BCUT2D eigenvalue weighted by Crippen LogP contribution is -2.20. The topological polar surface area (TPSA) is 48.1 Å². The molecule has 1 aliphatic heterocycles. The molecule has 2 heterocycles. The molecule has 0 fully saturated rings. The zero-order valence-corrected chi connectivity index (χ0v) is 11.8. The lowest BCUT2D eigenvalue weighted by atomic mass is 9.85. The van der Waals surface area contributed by atoms with E-state index in [1.165, 1.54) is 5.56 Å². The molecular weight excluding hydrogens is 248 g/mol. The third-order valence-electron chi connectivity index (χ3n) is 4.07. The Balaban J connectivity index is 1.81. The lowest BCUT2D eigenvalue weighted by Gasteiger charge is -2.28. The van der Waals surface area contributed by atoms with Gasteiger partial charge in [-0.05, 0) is 48.9 Å². The van der Waals surface area contributed by atoms with Gasteiger partial charge in [0.25, 0.3) is 0 Å². The molecule has 2 unspecified atom stereocenters. The van der Waals surface area contributed by atoms with Gasteiger partial charge in [-0.1, -0.05) is 24.3 Å². The predicted octanol–water partition coefficient (Wildman–Crippen LogP) is 3.35. The molecule has 3 nitrogen and oxygen atoms in total. The standard InChI is InChI=1S/C17H20N2O/c1-12-14(6-4-9-19-12)16(18)11-13-8-10-20-17-7-3-2-5-15(13)17/h2-7,9,13,16H,8,10-11,18H2,1H3. The van der Waals surface area contributed by atoms with E-state index in [4.69, 9.17) is 10.5 Å². The molecule has 0 saturated carbocycles. The van der Waals surface area contributed by atoms with Crippen molar-refractivity contribution in [3.63, 3.8) is 0 Å². The molecule has 0 bridgehead atoms. The SMILES string of the molecule is Cc1ncccc1C(N)CC1CCOc2ccccc21. The van der Waals surface area contributed by atoms with E-state index in [2.05, 4.69) is 23.2 Å². The van der Waals surface area contributed by atoms with E-state index in [1.807, 2.05) is 31.3 Å². The first-order chi connectivity index (χ1) is 9.75. The molecule has 0 spiro atoms. The van der Waals surface area contributed by atoms with Crippen molar-refractivity contribution >= 4 is 0 Å². The molecule has 3 heteroatoms. The van der Waals surface area contributed by atoms with Gasteiger partial charge in [-0.25, -0.2) is 0 Å². The zero-order valence-electron chi connectivity index (χ0n) is 11.8. The summed E-state index contributed by atoms with van der Waals surface area (Å²) in [7, 11) is 0. The monoisotopic (exact) mass is 268 g/mol. The number of aryl methyl sites for hydroxylation is 1. The molecule has 1 aliphatic rings. The van der Waals surface area contributed by atoms with Crippen LogP contribution in [0.5, 0.6) is 5.75 Å². The molecule has 0 aliphatic carbocycles. The summed E-state index contributed by atoms with van der Waals surface area (Å²) >= 11 is 0. The van der Waals surface area contributed by atoms with Gasteiger partial charge in [-0.15, -0.1) is 0 Å². The van der Waals surface area contributed by atoms with Gasteiger partial charge in [-0.2, -0.15) is 0 Å². The quantitative estimate of drug-likeness (QED) is 0.928. The molecule has 3 rings (SSSR count). The molecular formula is C17H20N2O. The van der Waals surface area contributed by atoms with Crippen LogP contribution in [-0.2, 0) is 0 Å². The minimum atomic E-state index is 0.0276. The number of nitrogens with zero attached hydrogens (tertiary/aromatic N) is 1. The van der Waals surface area contributed by atoms with E-state index in [1.54, 1.807) is 0 Å². The van der Waals surface area contributed by atoms with Crippen molar-refractivity contribution < 1.29 is 4.74 Å². The minimum Gasteiger partial charge on any atom is -0.493 e. The van der Waals surface area contributed by atoms with Crippen LogP contribution >= 0.6 is 0 Å². The number of hydrogen-bond donors (Lipinski definition) is 1. The van der Waals surface area contributed by atoms with Gasteiger partial charge in [-0.3, -0.25) is 4.98 Å². The van der Waals surface area contributed by atoms with Crippen molar-refractivity contribution in [1.29, 1.82) is 0 Å². The molecule has 2 N–H and O–H groups in total. The summed E-state index contributed by atoms with van der Waals surface area (Å²) in [6, 6.07) is 12.4. The van der Waals surface area contributed by atoms with Crippen molar-refractivity contribution in [2.45, 2.75) is 31.7 Å². The number of pyridine rings is 1. The van der Waals surface area contributed by atoms with Gasteiger partial charge in [0.15, 0.2) is 0 Å². The number of ether oxygens (including phenoxy) is 1. The van der Waals surface area contributed by atoms with Crippen LogP contribution in [0, 0.1) is 6.92 Å². The molecule has 1 aromatic carbocycles. The molecule has 1 aromatic heterocycles. The van der Waals surface area contributed by atoms with Crippen LogP contribution in [0.25, 0.3) is 0 Å². The van der Waals surface area contributed by atoms with Gasteiger partial charge in [0.05, 0.1) is 6.61 Å². The van der Waals surface area contributed by atoms with Crippen molar-refractivity contribution in [2.24, 2.45) is 5.73 Å². The van der Waals surface area contributed by atoms with E-state index in [0.717, 1.165) is 36.5 Å². The van der Waals surface area contributed by atoms with Crippen molar-refractivity contribution in [3.8, 4) is 5.75 Å². The van der Waals surface area contributed by atoms with Gasteiger partial charge in [0.2, 0.25) is 0 Å². The maximum atomic E-state index is 6.40. The van der Waals surface area contributed by atoms with Crippen molar-refractivity contribution in [3.05, 3.63) is 59.4 Å². The van der Waals surface area contributed by atoms with Gasteiger partial charge in [0.1, 0.15) is 5.75 Å². The molecule has 20 heavy (non-hydrogen) atoms. The third-order valence-corrected chi connectivity index (χ3v) is 4.07. The van der Waals surface area contributed by atoms with Crippen LogP contribution in [0.4, 0.5) is 0 Å². The second kappa shape index (κ2) is 5.63. The second-order valence-corrected chi connectivity index (χ2v) is 5.39. The highest BCUT2D eigenvalue weighted by Gasteiger charge is 2.24. The first-order valence-electron chi connectivity index (χ1n) is 7.14. The average Bonchev–Trinajstić information content (AvgIpc) is 2.48. The Bertz CT molecular complexity index is 597. The van der Waals surface area contributed by atoms with Crippen molar-refractivity contribution in [1.82, 2.24) is 4.98 Å². The molecule has 2 atom stereocenters. The highest BCUT2D eigenvalue weighted by Crippen LogP contribution is 2.38. The molecule has 0 radical (unpaired) electrons. The normalized spacial score (nSPS) is 19.0. The Hall–Kier alpha value is -1.87. The first-order valence-corrected chi connectivity index (χ1v) is 7.14. The fourth-order valence-electron chi connectivity index (χ4n) is 2.98. The summed E-state index contributed by atoms with van der Waals surface area (Å²) in [4.78, 5) is 4.33. The number of rotatable bonds is 3. The van der Waals surface area contributed by atoms with Crippen LogP contribution in [0.1, 0.15) is 41.6 Å². The van der Waals surface area contributed by atoms with E-state index in [9.17, 15) is 0 Å². The summed E-state index contributed by atoms with van der Waals surface area (Å²) in [5.41, 5.74) is 9.87. The van der Waals surface area contributed by atoms with Gasteiger partial charge >= 0.3 is 0 Å². The summed E-state index contributed by atoms with van der Waals surface area (Å²) in [6.45, 7) is 2.80. The maximum Gasteiger partial charge on any atom is 0.122 e. The second-order valence-electron chi connectivity index (χ2n) is 5.39. The van der Waals surface area contributed by atoms with Crippen LogP contribution in [0.15, 0.2) is 42.6 Å². The van der Waals surface area contributed by atoms with Crippen molar-refractivity contribution in [2.75, 3.05) is 6.61 Å². The maximum absolute atomic E-state index is 6.40. The number of aromatic nitrogens is 1. The van der Waals surface area contributed by atoms with Crippen LogP contribution < -0.4 is 10.5 Å². The minimum absolute atomic E-state index is 0.0276. The predicted molar refractivity (Wildman–Crippen MR) is 79.8 cm³/mol. The Labute approximate surface area is 119 Å². The molecule has 0 saturated heterocycles. The fraction of sp³-hybridized carbons (Fsp3) is 0.353. The summed E-state index contributed by atoms with van der Waals surface area (Å²) in [6.07, 6.45) is 3.78. The molecule has 104 valence electrons. The van der Waals surface area contributed by atoms with E-state index < -0.39 is 0 Å². The Morgan fingerprint density at radius 1 is 1.30 bits per heavy atom. The van der Waals surface area contributed by atoms with Crippen LogP contribution in [0.2, 0.25) is 0 Å². The summed E-state index contributed by atoms with van der Waals surface area (Å²) in [5, 5.41) is 0. The number of nitrogens with two attached hydrogens (primary N) is 1. The third kappa shape index (κ3) is 2.54. The van der Waals surface area contributed by atoms with Gasteiger partial charge < -0.3 is 10.5 Å². The Morgan fingerprint density at radius 2 is 2.15 bits per heavy atom. The number of fused-ring (bicyclic) bond motifs is 1. The average molecular weight is 268 g/mol. The number of hydrogen-bond acceptors (Lipinski definition) is 3. The zero-order chi connectivity index (χ0) is 13.9. The van der Waals surface area contributed by atoms with Gasteiger partial charge in [0, 0.05) is 17.9 Å². The molecule has 2 aromatic rings. The highest BCUT2D eigenvalue weighted by molar-refractivity contribution is 5.38. The summed E-state index contributed by atoms with van der Waals surface area (Å²) < 4.78 is 5.71. The molecule has 0 amide bonds. The lowest BCUT2D eigenvalue weighted by molar-refractivity contribution is 0.259. The van der Waals surface area contributed by atoms with E-state index >= 15 is 0 Å². The number of benzene rings is 1. The largest absolute Gasteiger partial charge is 0.493 e. The first kappa shape index (κ1) is 13.1. The summed E-state index contributed by atoms with van der Waals surface area (Å²) in [5.74, 6) is 1.48. The Morgan fingerprint density at radius 3 is 3.00 bits per heavy atom. The fourth-order valence-corrected chi connectivity index (χ4v) is 2.98. The van der Waals surface area contributed by atoms with E-state index in [-0.39, 0.29) is 6.04 Å².